The van der Waals surface area contributed by atoms with E-state index in [0.717, 1.165) is 6.42 Å². The van der Waals surface area contributed by atoms with Crippen molar-refractivity contribution in [3.8, 4) is 0 Å². The topological polar surface area (TPSA) is 51.0 Å². The van der Waals surface area contributed by atoms with E-state index in [1.54, 1.807) is 6.07 Å². The number of hydrogen-bond donors (Lipinski definition) is 1. The van der Waals surface area contributed by atoms with Crippen molar-refractivity contribution in [2.75, 3.05) is 5.32 Å². The van der Waals surface area contributed by atoms with Gasteiger partial charge in [0.25, 0.3) is 0 Å². The van der Waals surface area contributed by atoms with Crippen molar-refractivity contribution in [2.45, 2.75) is 19.9 Å². The molecule has 0 saturated carbocycles. The van der Waals surface area contributed by atoms with E-state index in [0.29, 0.717) is 29.0 Å². The molecule has 0 aliphatic carbocycles. The van der Waals surface area contributed by atoms with Crippen LogP contribution in [0, 0.1) is 5.82 Å². The van der Waals surface area contributed by atoms with Gasteiger partial charge in [-0.25, -0.2) is 4.39 Å². The molecule has 1 N–H and O–H groups in total. The zero-order valence-corrected chi connectivity index (χ0v) is 9.96. The summed E-state index contributed by atoms with van der Waals surface area (Å²) in [7, 11) is 0. The standard InChI is InChI=1S/C11H11ClFN3O/c1-2-10-15-11(17-16-10)6-14-9-4-3-7(13)5-8(9)12/h3-5,14H,2,6H2,1H3. The average molecular weight is 256 g/mol. The number of aryl methyl sites for hydroxylation is 1. The fourth-order valence-electron chi connectivity index (χ4n) is 1.31. The molecule has 17 heavy (non-hydrogen) atoms. The number of halogens is 2. The minimum Gasteiger partial charge on any atom is -0.375 e. The molecular formula is C11H11ClFN3O. The molecule has 1 heterocycles. The minimum atomic E-state index is -0.369. The Morgan fingerprint density at radius 2 is 2.29 bits per heavy atom. The Bertz CT molecular complexity index is 515. The lowest BCUT2D eigenvalue weighted by Crippen LogP contribution is -2.00. The van der Waals surface area contributed by atoms with Crippen LogP contribution in [-0.4, -0.2) is 10.1 Å². The number of hydrogen-bond acceptors (Lipinski definition) is 4. The van der Waals surface area contributed by atoms with Crippen molar-refractivity contribution in [3.63, 3.8) is 0 Å². The first-order valence-electron chi connectivity index (χ1n) is 5.19. The highest BCUT2D eigenvalue weighted by Crippen LogP contribution is 2.22. The predicted octanol–water partition coefficient (Wildman–Crippen LogP) is 3.04. The van der Waals surface area contributed by atoms with E-state index in [-0.39, 0.29) is 5.82 Å². The third-order valence-corrected chi connectivity index (χ3v) is 2.50. The second-order valence-electron chi connectivity index (χ2n) is 3.44. The predicted molar refractivity (Wildman–Crippen MR) is 62.4 cm³/mol. The summed E-state index contributed by atoms with van der Waals surface area (Å²) in [5, 5.41) is 7.08. The molecule has 0 saturated heterocycles. The quantitative estimate of drug-likeness (QED) is 0.912. The van der Waals surface area contributed by atoms with Crippen LogP contribution < -0.4 is 5.32 Å². The highest BCUT2D eigenvalue weighted by Gasteiger charge is 2.06. The van der Waals surface area contributed by atoms with Gasteiger partial charge in [-0.3, -0.25) is 0 Å². The van der Waals surface area contributed by atoms with Crippen molar-refractivity contribution in [1.29, 1.82) is 0 Å². The molecule has 6 heteroatoms. The van der Waals surface area contributed by atoms with Gasteiger partial charge in [0.05, 0.1) is 17.3 Å². The van der Waals surface area contributed by atoms with Gasteiger partial charge in [-0.05, 0) is 18.2 Å². The van der Waals surface area contributed by atoms with E-state index in [4.69, 9.17) is 16.1 Å². The molecule has 0 amide bonds. The van der Waals surface area contributed by atoms with E-state index in [1.165, 1.54) is 12.1 Å². The van der Waals surface area contributed by atoms with Crippen LogP contribution in [0.4, 0.5) is 10.1 Å². The molecule has 0 radical (unpaired) electrons. The summed E-state index contributed by atoms with van der Waals surface area (Å²) < 4.78 is 17.8. The van der Waals surface area contributed by atoms with Crippen LogP contribution in [0.5, 0.6) is 0 Å². The van der Waals surface area contributed by atoms with Gasteiger partial charge in [0, 0.05) is 6.42 Å². The fraction of sp³-hybridized carbons (Fsp3) is 0.273. The smallest absolute Gasteiger partial charge is 0.245 e. The van der Waals surface area contributed by atoms with Gasteiger partial charge in [-0.2, -0.15) is 4.98 Å². The molecule has 0 aliphatic heterocycles. The lowest BCUT2D eigenvalue weighted by Gasteiger charge is -2.05. The Labute approximate surface area is 103 Å². The maximum absolute atomic E-state index is 12.8. The van der Waals surface area contributed by atoms with Crippen molar-refractivity contribution >= 4 is 17.3 Å². The molecule has 0 atom stereocenters. The molecular weight excluding hydrogens is 245 g/mol. The lowest BCUT2D eigenvalue weighted by atomic mass is 10.3. The molecule has 2 rings (SSSR count). The third-order valence-electron chi connectivity index (χ3n) is 2.19. The minimum absolute atomic E-state index is 0.320. The summed E-state index contributed by atoms with van der Waals surface area (Å²) in [6, 6.07) is 4.14. The van der Waals surface area contributed by atoms with Crippen molar-refractivity contribution in [2.24, 2.45) is 0 Å². The molecule has 4 nitrogen and oxygen atoms in total. The van der Waals surface area contributed by atoms with E-state index in [2.05, 4.69) is 15.5 Å². The summed E-state index contributed by atoms with van der Waals surface area (Å²) in [6.45, 7) is 2.30. The van der Waals surface area contributed by atoms with Crippen LogP contribution in [0.3, 0.4) is 0 Å². The zero-order valence-electron chi connectivity index (χ0n) is 9.20. The Morgan fingerprint density at radius 1 is 1.47 bits per heavy atom. The van der Waals surface area contributed by atoms with E-state index in [9.17, 15) is 4.39 Å². The average Bonchev–Trinajstić information content (AvgIpc) is 2.76. The Hall–Kier alpha value is -1.62. The second kappa shape index (κ2) is 5.14. The third kappa shape index (κ3) is 2.94. The monoisotopic (exact) mass is 255 g/mol. The first-order chi connectivity index (χ1) is 8.19. The summed E-state index contributed by atoms with van der Waals surface area (Å²) in [5.74, 6) is 0.765. The van der Waals surface area contributed by atoms with Crippen LogP contribution in [-0.2, 0) is 13.0 Å². The Balaban J connectivity index is 2.02. The SMILES string of the molecule is CCc1noc(CNc2ccc(F)cc2Cl)n1. The maximum atomic E-state index is 12.8. The van der Waals surface area contributed by atoms with Crippen molar-refractivity contribution < 1.29 is 8.91 Å². The van der Waals surface area contributed by atoms with Gasteiger partial charge in [-0.1, -0.05) is 23.7 Å². The summed E-state index contributed by atoms with van der Waals surface area (Å²) >= 11 is 5.86. The lowest BCUT2D eigenvalue weighted by molar-refractivity contribution is 0.378. The maximum Gasteiger partial charge on any atom is 0.245 e. The second-order valence-corrected chi connectivity index (χ2v) is 3.84. The first kappa shape index (κ1) is 11.9. The highest BCUT2D eigenvalue weighted by atomic mass is 35.5. The van der Waals surface area contributed by atoms with Gasteiger partial charge >= 0.3 is 0 Å². The number of nitrogens with one attached hydrogen (secondary N) is 1. The van der Waals surface area contributed by atoms with Crippen LogP contribution in [0.25, 0.3) is 0 Å². The molecule has 2 aromatic rings. The molecule has 1 aromatic carbocycles. The molecule has 1 aromatic heterocycles. The highest BCUT2D eigenvalue weighted by molar-refractivity contribution is 6.33. The van der Waals surface area contributed by atoms with Gasteiger partial charge in [0.1, 0.15) is 5.82 Å². The van der Waals surface area contributed by atoms with Gasteiger partial charge in [0.2, 0.25) is 5.89 Å². The Kier molecular flexibility index (Phi) is 3.58. The van der Waals surface area contributed by atoms with Crippen LogP contribution >= 0.6 is 11.6 Å². The normalized spacial score (nSPS) is 10.5. The van der Waals surface area contributed by atoms with E-state index < -0.39 is 0 Å². The number of anilines is 1. The number of nitrogens with zero attached hydrogens (tertiary/aromatic N) is 2. The van der Waals surface area contributed by atoms with Gasteiger partial charge in [0.15, 0.2) is 5.82 Å². The molecule has 0 bridgehead atoms. The van der Waals surface area contributed by atoms with Gasteiger partial charge in [-0.15, -0.1) is 0 Å². The first-order valence-corrected chi connectivity index (χ1v) is 5.57. The number of benzene rings is 1. The molecule has 0 aliphatic rings. The van der Waals surface area contributed by atoms with E-state index in [1.807, 2.05) is 6.92 Å². The molecule has 0 unspecified atom stereocenters. The van der Waals surface area contributed by atoms with Crippen molar-refractivity contribution in [1.82, 2.24) is 10.1 Å². The van der Waals surface area contributed by atoms with Crippen LogP contribution in [0.15, 0.2) is 22.7 Å². The largest absolute Gasteiger partial charge is 0.375 e. The summed E-state index contributed by atoms with van der Waals surface area (Å²) in [6.07, 6.45) is 0.723. The van der Waals surface area contributed by atoms with E-state index >= 15 is 0 Å². The van der Waals surface area contributed by atoms with Crippen LogP contribution in [0.2, 0.25) is 5.02 Å². The molecule has 0 spiro atoms. The zero-order chi connectivity index (χ0) is 12.3. The summed E-state index contributed by atoms with van der Waals surface area (Å²) in [4.78, 5) is 4.13. The molecule has 90 valence electrons. The molecule has 0 fully saturated rings. The number of rotatable bonds is 4. The Morgan fingerprint density at radius 3 is 2.94 bits per heavy atom. The summed E-state index contributed by atoms with van der Waals surface area (Å²) in [5.41, 5.74) is 0.629. The van der Waals surface area contributed by atoms with Crippen LogP contribution in [0.1, 0.15) is 18.6 Å². The number of aromatic nitrogens is 2. The van der Waals surface area contributed by atoms with Gasteiger partial charge < -0.3 is 9.84 Å². The fourth-order valence-corrected chi connectivity index (χ4v) is 1.54. The van der Waals surface area contributed by atoms with Crippen molar-refractivity contribution in [3.05, 3.63) is 40.8 Å².